The van der Waals surface area contributed by atoms with Gasteiger partial charge < -0.3 is 9.47 Å². The number of carbonyl (C=O) groups is 1. The fourth-order valence-electron chi connectivity index (χ4n) is 3.19. The van der Waals surface area contributed by atoms with Gasteiger partial charge >= 0.3 is 0 Å². The van der Waals surface area contributed by atoms with Crippen LogP contribution < -0.4 is 13.8 Å². The molecule has 0 unspecified atom stereocenters. The van der Waals surface area contributed by atoms with E-state index < -0.39 is 22.5 Å². The van der Waals surface area contributed by atoms with Crippen molar-refractivity contribution < 1.29 is 22.7 Å². The third-order valence-corrected chi connectivity index (χ3v) is 7.11. The topological polar surface area (TPSA) is 72.9 Å². The minimum absolute atomic E-state index is 0.0611. The smallest absolute Gasteiger partial charge is 0.278 e. The molecular weight excluding hydrogens is 450 g/mol. The first-order valence-electron chi connectivity index (χ1n) is 9.82. The van der Waals surface area contributed by atoms with Crippen LogP contribution >= 0.6 is 11.6 Å². The summed E-state index contributed by atoms with van der Waals surface area (Å²) in [7, 11) is -2.72. The second-order valence-electron chi connectivity index (χ2n) is 7.26. The van der Waals surface area contributed by atoms with E-state index in [-0.39, 0.29) is 10.6 Å². The molecule has 6 nitrogen and oxygen atoms in total. The zero-order chi connectivity index (χ0) is 23.5. The van der Waals surface area contributed by atoms with E-state index in [1.807, 2.05) is 32.9 Å². The Morgan fingerprint density at radius 2 is 1.50 bits per heavy atom. The van der Waals surface area contributed by atoms with Gasteiger partial charge in [-0.15, -0.1) is 0 Å². The van der Waals surface area contributed by atoms with Crippen LogP contribution in [0.15, 0.2) is 65.6 Å². The standard InChI is InChI=1S/C24H24ClNO5S/c1-16-5-6-17(2)24(18(16)3)31-15-23(27)26(20-9-11-21(30-4)12-10-20)32(28,29)22-13-7-19(25)8-14-22/h5-14H,15H2,1-4H3. The van der Waals surface area contributed by atoms with Gasteiger partial charge in [0.15, 0.2) is 6.61 Å². The molecule has 8 heteroatoms. The van der Waals surface area contributed by atoms with Crippen LogP contribution in [0.2, 0.25) is 5.02 Å². The third kappa shape index (κ3) is 4.89. The van der Waals surface area contributed by atoms with Crippen LogP contribution in [0.5, 0.6) is 11.5 Å². The van der Waals surface area contributed by atoms with E-state index in [4.69, 9.17) is 21.1 Å². The van der Waals surface area contributed by atoms with Gasteiger partial charge in [0.1, 0.15) is 11.5 Å². The van der Waals surface area contributed by atoms with Crippen LogP contribution in [-0.4, -0.2) is 28.0 Å². The predicted molar refractivity (Wildman–Crippen MR) is 125 cm³/mol. The number of hydrogen-bond donors (Lipinski definition) is 0. The molecule has 0 spiro atoms. The number of aryl methyl sites for hydroxylation is 2. The molecule has 0 aliphatic heterocycles. The monoisotopic (exact) mass is 473 g/mol. The number of benzene rings is 3. The molecular formula is C24H24ClNO5S. The minimum atomic E-state index is -4.22. The van der Waals surface area contributed by atoms with E-state index in [1.54, 1.807) is 12.1 Å². The first kappa shape index (κ1) is 23.6. The van der Waals surface area contributed by atoms with Gasteiger partial charge in [0.2, 0.25) is 0 Å². The summed E-state index contributed by atoms with van der Waals surface area (Å²) in [6, 6.07) is 15.7. The van der Waals surface area contributed by atoms with Crippen LogP contribution in [0.25, 0.3) is 0 Å². The average Bonchev–Trinajstić information content (AvgIpc) is 2.77. The summed E-state index contributed by atoms with van der Waals surface area (Å²) in [5.41, 5.74) is 2.94. The summed E-state index contributed by atoms with van der Waals surface area (Å²) in [6.45, 7) is 5.26. The van der Waals surface area contributed by atoms with Crippen LogP contribution in [0.3, 0.4) is 0 Å². The maximum absolute atomic E-state index is 13.4. The van der Waals surface area contributed by atoms with Crippen LogP contribution in [0.4, 0.5) is 5.69 Å². The Morgan fingerprint density at radius 1 is 0.906 bits per heavy atom. The molecule has 0 aliphatic carbocycles. The fraction of sp³-hybridized carbons (Fsp3) is 0.208. The number of amides is 1. The van der Waals surface area contributed by atoms with Crippen molar-refractivity contribution in [3.8, 4) is 11.5 Å². The Labute approximate surface area is 193 Å². The maximum atomic E-state index is 13.4. The van der Waals surface area contributed by atoms with E-state index in [9.17, 15) is 13.2 Å². The van der Waals surface area contributed by atoms with Crippen molar-refractivity contribution >= 4 is 33.2 Å². The van der Waals surface area contributed by atoms with E-state index in [0.717, 1.165) is 21.0 Å². The molecule has 32 heavy (non-hydrogen) atoms. The van der Waals surface area contributed by atoms with Crippen molar-refractivity contribution in [2.45, 2.75) is 25.7 Å². The third-order valence-electron chi connectivity index (χ3n) is 5.10. The number of anilines is 1. The number of ether oxygens (including phenoxy) is 2. The van der Waals surface area contributed by atoms with Gasteiger partial charge in [-0.25, -0.2) is 8.42 Å². The fourth-order valence-corrected chi connectivity index (χ4v) is 4.72. The van der Waals surface area contributed by atoms with Crippen LogP contribution in [0, 0.1) is 20.8 Å². The summed E-state index contributed by atoms with van der Waals surface area (Å²) in [6.07, 6.45) is 0. The number of methoxy groups -OCH3 is 1. The highest BCUT2D eigenvalue weighted by molar-refractivity contribution is 7.93. The second-order valence-corrected chi connectivity index (χ2v) is 9.48. The van der Waals surface area contributed by atoms with E-state index in [2.05, 4.69) is 0 Å². The van der Waals surface area contributed by atoms with E-state index in [0.29, 0.717) is 16.5 Å². The van der Waals surface area contributed by atoms with Gasteiger partial charge in [-0.2, -0.15) is 4.31 Å². The molecule has 0 atom stereocenters. The number of sulfonamides is 1. The normalized spacial score (nSPS) is 11.2. The molecule has 0 fully saturated rings. The average molecular weight is 474 g/mol. The number of hydrogen-bond acceptors (Lipinski definition) is 5. The maximum Gasteiger partial charge on any atom is 0.278 e. The first-order valence-corrected chi connectivity index (χ1v) is 11.6. The summed E-state index contributed by atoms with van der Waals surface area (Å²) in [4.78, 5) is 13.2. The summed E-state index contributed by atoms with van der Waals surface area (Å²) >= 11 is 5.90. The summed E-state index contributed by atoms with van der Waals surface area (Å²) in [5, 5.41) is 0.389. The molecule has 0 heterocycles. The van der Waals surface area contributed by atoms with Crippen molar-refractivity contribution in [3.63, 3.8) is 0 Å². The lowest BCUT2D eigenvalue weighted by Gasteiger charge is -2.23. The van der Waals surface area contributed by atoms with Gasteiger partial charge in [0, 0.05) is 5.02 Å². The molecule has 0 saturated carbocycles. The molecule has 0 aliphatic rings. The molecule has 1 amide bonds. The zero-order valence-electron chi connectivity index (χ0n) is 18.3. The van der Waals surface area contributed by atoms with Gasteiger partial charge in [-0.05, 0) is 86.0 Å². The Hall–Kier alpha value is -3.03. The summed E-state index contributed by atoms with van der Waals surface area (Å²) in [5.74, 6) is 0.370. The van der Waals surface area contributed by atoms with Crippen LogP contribution in [0.1, 0.15) is 16.7 Å². The Morgan fingerprint density at radius 3 is 2.09 bits per heavy atom. The van der Waals surface area contributed by atoms with Gasteiger partial charge in [0.05, 0.1) is 17.7 Å². The molecule has 3 aromatic rings. The molecule has 0 N–H and O–H groups in total. The lowest BCUT2D eigenvalue weighted by Crippen LogP contribution is -2.40. The lowest BCUT2D eigenvalue weighted by atomic mass is 10.1. The highest BCUT2D eigenvalue weighted by Gasteiger charge is 2.31. The quantitative estimate of drug-likeness (QED) is 0.478. The summed E-state index contributed by atoms with van der Waals surface area (Å²) < 4.78 is 38.5. The van der Waals surface area contributed by atoms with Crippen molar-refractivity contribution in [1.29, 1.82) is 0 Å². The van der Waals surface area contributed by atoms with E-state index >= 15 is 0 Å². The highest BCUT2D eigenvalue weighted by atomic mass is 35.5. The van der Waals surface area contributed by atoms with Crippen molar-refractivity contribution in [1.82, 2.24) is 0 Å². The zero-order valence-corrected chi connectivity index (χ0v) is 19.8. The van der Waals surface area contributed by atoms with Crippen LogP contribution in [-0.2, 0) is 14.8 Å². The number of rotatable bonds is 7. The predicted octanol–water partition coefficient (Wildman–Crippen LogP) is 5.07. The van der Waals surface area contributed by atoms with E-state index in [1.165, 1.54) is 43.5 Å². The van der Waals surface area contributed by atoms with Crippen molar-refractivity contribution in [2.75, 3.05) is 18.0 Å². The number of nitrogens with zero attached hydrogens (tertiary/aromatic N) is 1. The molecule has 0 bridgehead atoms. The highest BCUT2D eigenvalue weighted by Crippen LogP contribution is 2.29. The second kappa shape index (κ2) is 9.63. The molecule has 3 aromatic carbocycles. The molecule has 0 radical (unpaired) electrons. The lowest BCUT2D eigenvalue weighted by molar-refractivity contribution is -0.119. The molecule has 0 saturated heterocycles. The Kier molecular flexibility index (Phi) is 7.11. The largest absolute Gasteiger partial charge is 0.497 e. The van der Waals surface area contributed by atoms with Crippen molar-refractivity contribution in [3.05, 3.63) is 82.4 Å². The first-order chi connectivity index (χ1) is 15.1. The molecule has 0 aromatic heterocycles. The molecule has 168 valence electrons. The Bertz CT molecular complexity index is 1220. The SMILES string of the molecule is COc1ccc(N(C(=O)COc2c(C)ccc(C)c2C)S(=O)(=O)c2ccc(Cl)cc2)cc1. The van der Waals surface area contributed by atoms with Crippen molar-refractivity contribution in [2.24, 2.45) is 0 Å². The minimum Gasteiger partial charge on any atom is -0.497 e. The van der Waals surface area contributed by atoms with Gasteiger partial charge in [-0.3, -0.25) is 4.79 Å². The number of carbonyl (C=O) groups excluding carboxylic acids is 1. The Balaban J connectivity index is 1.99. The van der Waals surface area contributed by atoms with Gasteiger partial charge in [-0.1, -0.05) is 23.7 Å². The molecule has 3 rings (SSSR count). The van der Waals surface area contributed by atoms with Gasteiger partial charge in [0.25, 0.3) is 15.9 Å². The number of halogens is 1.